The molecule has 30 heavy (non-hydrogen) atoms. The molecule has 0 spiro atoms. The van der Waals surface area contributed by atoms with Crippen molar-refractivity contribution in [2.45, 2.75) is 38.4 Å². The lowest BCUT2D eigenvalue weighted by Gasteiger charge is -2.38. The monoisotopic (exact) mass is 410 g/mol. The lowest BCUT2D eigenvalue weighted by molar-refractivity contribution is -0.123. The molecular formula is C22H27FN6O. The van der Waals surface area contributed by atoms with Crippen LogP contribution in [-0.2, 0) is 4.79 Å². The second-order valence-corrected chi connectivity index (χ2v) is 8.49. The highest BCUT2D eigenvalue weighted by Gasteiger charge is 2.30. The summed E-state index contributed by atoms with van der Waals surface area (Å²) in [4.78, 5) is 23.4. The number of rotatable bonds is 4. The summed E-state index contributed by atoms with van der Waals surface area (Å²) in [5.41, 5.74) is 1.83. The highest BCUT2D eigenvalue weighted by Crippen LogP contribution is 2.30. The van der Waals surface area contributed by atoms with Gasteiger partial charge in [0.1, 0.15) is 17.8 Å². The number of carbonyl (C=O) groups excluding carboxylic acids is 1. The molecule has 1 amide bonds. The number of hydrogen-bond donors (Lipinski definition) is 2. The molecule has 0 radical (unpaired) electrons. The first-order valence-electron chi connectivity index (χ1n) is 10.6. The number of fused-ring (bicyclic) bond motifs is 1. The van der Waals surface area contributed by atoms with E-state index in [1.54, 1.807) is 12.4 Å². The molecule has 2 unspecified atom stereocenters. The molecule has 7 nitrogen and oxygen atoms in total. The fourth-order valence-electron chi connectivity index (χ4n) is 4.67. The van der Waals surface area contributed by atoms with E-state index in [0.29, 0.717) is 36.6 Å². The Bertz CT molecular complexity index is 960. The Morgan fingerprint density at radius 1 is 1.43 bits per heavy atom. The van der Waals surface area contributed by atoms with E-state index in [9.17, 15) is 14.4 Å². The number of carbonyl (C=O) groups is 1. The number of hydrogen-bond acceptors (Lipinski definition) is 6. The molecule has 2 fully saturated rings. The minimum atomic E-state index is -0.963. The summed E-state index contributed by atoms with van der Waals surface area (Å²) in [5.74, 6) is 0.0911. The summed E-state index contributed by atoms with van der Waals surface area (Å²) >= 11 is 0. The summed E-state index contributed by atoms with van der Waals surface area (Å²) < 4.78 is 14.1. The van der Waals surface area contributed by atoms with Gasteiger partial charge in [0.2, 0.25) is 5.91 Å². The van der Waals surface area contributed by atoms with E-state index in [1.165, 1.54) is 0 Å². The Balaban J connectivity index is 1.48. The van der Waals surface area contributed by atoms with Gasteiger partial charge >= 0.3 is 0 Å². The van der Waals surface area contributed by atoms with Gasteiger partial charge in [-0.2, -0.15) is 5.26 Å². The summed E-state index contributed by atoms with van der Waals surface area (Å²) in [6.45, 7) is 4.75. The largest absolute Gasteiger partial charge is 0.367 e. The third kappa shape index (κ3) is 4.36. The molecule has 4 atom stereocenters. The number of nitriles is 1. The summed E-state index contributed by atoms with van der Waals surface area (Å²) in [5, 5.41) is 16.4. The van der Waals surface area contributed by atoms with Crippen molar-refractivity contribution in [1.82, 2.24) is 20.6 Å². The van der Waals surface area contributed by atoms with Gasteiger partial charge in [0.05, 0.1) is 11.9 Å². The van der Waals surface area contributed by atoms with Gasteiger partial charge in [0.25, 0.3) is 0 Å². The van der Waals surface area contributed by atoms with Crippen LogP contribution in [0.1, 0.15) is 31.9 Å². The van der Waals surface area contributed by atoms with Crippen LogP contribution >= 0.6 is 0 Å². The molecular weight excluding hydrogens is 383 g/mol. The number of pyridine rings is 2. The maximum atomic E-state index is 14.1. The van der Waals surface area contributed by atoms with E-state index >= 15 is 0 Å². The average molecular weight is 410 g/mol. The molecule has 0 aliphatic carbocycles. The van der Waals surface area contributed by atoms with Crippen LogP contribution in [0.5, 0.6) is 0 Å². The lowest BCUT2D eigenvalue weighted by Crippen LogP contribution is -2.51. The maximum absolute atomic E-state index is 14.1. The first-order chi connectivity index (χ1) is 14.5. The zero-order chi connectivity index (χ0) is 21.1. The molecule has 0 bridgehead atoms. The van der Waals surface area contributed by atoms with Crippen LogP contribution in [0.15, 0.2) is 24.5 Å². The van der Waals surface area contributed by atoms with Crippen LogP contribution in [0.4, 0.5) is 10.1 Å². The third-order valence-corrected chi connectivity index (χ3v) is 6.09. The van der Waals surface area contributed by atoms with Crippen molar-refractivity contribution in [2.75, 3.05) is 31.1 Å². The number of piperidine rings is 2. The van der Waals surface area contributed by atoms with Crippen LogP contribution in [-0.4, -0.2) is 54.3 Å². The summed E-state index contributed by atoms with van der Waals surface area (Å²) in [6, 6.07) is 5.89. The van der Waals surface area contributed by atoms with Crippen molar-refractivity contribution in [3.8, 4) is 6.07 Å². The quantitative estimate of drug-likeness (QED) is 0.802. The maximum Gasteiger partial charge on any atom is 0.220 e. The first kappa shape index (κ1) is 20.5. The fraction of sp³-hybridized carbons (Fsp3) is 0.545. The second kappa shape index (κ2) is 8.92. The van der Waals surface area contributed by atoms with Crippen LogP contribution in [0.3, 0.4) is 0 Å². The molecule has 2 aliphatic heterocycles. The number of aromatic nitrogens is 2. The predicted octanol–water partition coefficient (Wildman–Crippen LogP) is 2.17. The SMILES string of the molecule is C[C@H]1C[C@@H](NC(=O)CC2CCNCC2F)CN(c2cnc(C#N)c3ncccc23)C1. The molecule has 2 aromatic rings. The number of nitrogens with one attached hydrogen (secondary N) is 2. The topological polar surface area (TPSA) is 93.9 Å². The van der Waals surface area contributed by atoms with Gasteiger partial charge in [0, 0.05) is 49.6 Å². The van der Waals surface area contributed by atoms with Gasteiger partial charge in [-0.05, 0) is 37.4 Å². The van der Waals surface area contributed by atoms with Crippen molar-refractivity contribution in [2.24, 2.45) is 11.8 Å². The van der Waals surface area contributed by atoms with Crippen LogP contribution in [0.25, 0.3) is 10.9 Å². The minimum Gasteiger partial charge on any atom is -0.367 e. The van der Waals surface area contributed by atoms with E-state index in [4.69, 9.17) is 0 Å². The van der Waals surface area contributed by atoms with Gasteiger partial charge < -0.3 is 15.5 Å². The third-order valence-electron chi connectivity index (χ3n) is 6.09. The molecule has 2 saturated heterocycles. The zero-order valence-corrected chi connectivity index (χ0v) is 17.1. The van der Waals surface area contributed by atoms with E-state index in [-0.39, 0.29) is 24.3 Å². The molecule has 158 valence electrons. The molecule has 2 aromatic heterocycles. The first-order valence-corrected chi connectivity index (χ1v) is 10.6. The molecule has 8 heteroatoms. The molecule has 0 saturated carbocycles. The van der Waals surface area contributed by atoms with Gasteiger partial charge in [-0.3, -0.25) is 9.78 Å². The van der Waals surface area contributed by atoms with Crippen molar-refractivity contribution in [3.05, 3.63) is 30.2 Å². The van der Waals surface area contributed by atoms with Crippen LogP contribution in [0, 0.1) is 23.2 Å². The average Bonchev–Trinajstić information content (AvgIpc) is 2.74. The van der Waals surface area contributed by atoms with Crippen molar-refractivity contribution < 1.29 is 9.18 Å². The Morgan fingerprint density at radius 2 is 2.30 bits per heavy atom. The van der Waals surface area contributed by atoms with Gasteiger partial charge in [-0.15, -0.1) is 0 Å². The normalized spacial score (nSPS) is 26.9. The van der Waals surface area contributed by atoms with Gasteiger partial charge in [0.15, 0.2) is 5.69 Å². The van der Waals surface area contributed by atoms with E-state index in [2.05, 4.69) is 38.5 Å². The lowest BCUT2D eigenvalue weighted by atomic mass is 9.91. The van der Waals surface area contributed by atoms with Gasteiger partial charge in [-0.25, -0.2) is 9.37 Å². The smallest absolute Gasteiger partial charge is 0.220 e. The number of halogens is 1. The van der Waals surface area contributed by atoms with E-state index in [0.717, 1.165) is 30.6 Å². The van der Waals surface area contributed by atoms with Crippen molar-refractivity contribution in [1.29, 1.82) is 5.26 Å². The van der Waals surface area contributed by atoms with Gasteiger partial charge in [-0.1, -0.05) is 6.92 Å². The molecule has 4 heterocycles. The summed E-state index contributed by atoms with van der Waals surface area (Å²) in [7, 11) is 0. The summed E-state index contributed by atoms with van der Waals surface area (Å²) in [6.07, 6.45) is 4.23. The molecule has 2 N–H and O–H groups in total. The molecule has 2 aliphatic rings. The van der Waals surface area contributed by atoms with Crippen LogP contribution in [0.2, 0.25) is 0 Å². The predicted molar refractivity (Wildman–Crippen MR) is 113 cm³/mol. The van der Waals surface area contributed by atoms with Crippen LogP contribution < -0.4 is 15.5 Å². The Kier molecular flexibility index (Phi) is 6.09. The number of amides is 1. The van der Waals surface area contributed by atoms with E-state index in [1.807, 2.05) is 12.1 Å². The zero-order valence-electron chi connectivity index (χ0n) is 17.1. The highest BCUT2D eigenvalue weighted by molar-refractivity contribution is 5.93. The minimum absolute atomic E-state index is 0.0107. The second-order valence-electron chi connectivity index (χ2n) is 8.49. The number of alkyl halides is 1. The molecule has 4 rings (SSSR count). The standard InChI is InChI=1S/C22H27FN6O/c1-14-7-16(28-21(30)8-15-4-6-25-10-18(15)23)13-29(12-14)20-11-27-19(9-24)22-17(20)3-2-5-26-22/h2-3,5,11,14-16,18,25H,4,6-8,10,12-13H2,1H3,(H,28,30)/t14-,15?,16+,18?/m0/s1. The van der Waals surface area contributed by atoms with Crippen molar-refractivity contribution >= 4 is 22.5 Å². The number of anilines is 1. The number of nitrogens with zero attached hydrogens (tertiary/aromatic N) is 4. The Hall–Kier alpha value is -2.79. The van der Waals surface area contributed by atoms with E-state index < -0.39 is 6.17 Å². The highest BCUT2D eigenvalue weighted by atomic mass is 19.1. The fourth-order valence-corrected chi connectivity index (χ4v) is 4.67. The van der Waals surface area contributed by atoms with Crippen molar-refractivity contribution in [3.63, 3.8) is 0 Å². The Labute approximate surface area is 175 Å². The Morgan fingerprint density at radius 3 is 3.10 bits per heavy atom. The molecule has 0 aromatic carbocycles.